The Morgan fingerprint density at radius 3 is 2.42 bits per heavy atom. The normalized spacial score (nSPS) is 21.5. The summed E-state index contributed by atoms with van der Waals surface area (Å²) >= 11 is 0. The van der Waals surface area contributed by atoms with Crippen LogP contribution >= 0.6 is 0 Å². The second-order valence-corrected chi connectivity index (χ2v) is 21.5. The van der Waals surface area contributed by atoms with Gasteiger partial charge in [-0.2, -0.15) is 5.10 Å². The molecule has 4 aromatic heterocycles. The zero-order valence-electron chi connectivity index (χ0n) is 41.7. The van der Waals surface area contributed by atoms with Gasteiger partial charge in [-0.25, -0.2) is 9.78 Å². The highest BCUT2D eigenvalue weighted by Gasteiger charge is 2.36. The van der Waals surface area contributed by atoms with Crippen LogP contribution in [-0.2, 0) is 23.2 Å². The van der Waals surface area contributed by atoms with Crippen molar-refractivity contribution in [3.63, 3.8) is 0 Å². The molecule has 14 nitrogen and oxygen atoms in total. The molecule has 0 radical (unpaired) electrons. The third-order valence-electron chi connectivity index (χ3n) is 17.0. The number of imide groups is 1. The molecular formula is C58H66N10O4. The van der Waals surface area contributed by atoms with Crippen LogP contribution < -0.4 is 11.0 Å². The number of pyridine rings is 1. The first-order valence-electron chi connectivity index (χ1n) is 26.6. The molecule has 1 saturated carbocycles. The van der Waals surface area contributed by atoms with Crippen LogP contribution in [0.3, 0.4) is 0 Å². The van der Waals surface area contributed by atoms with E-state index in [9.17, 15) is 19.2 Å². The van der Waals surface area contributed by atoms with Gasteiger partial charge in [-0.3, -0.25) is 43.7 Å². The second kappa shape index (κ2) is 19.4. The molecule has 72 heavy (non-hydrogen) atoms. The summed E-state index contributed by atoms with van der Waals surface area (Å²) < 4.78 is 5.78. The van der Waals surface area contributed by atoms with Crippen molar-refractivity contribution in [1.29, 1.82) is 0 Å². The van der Waals surface area contributed by atoms with Gasteiger partial charge in [0.15, 0.2) is 0 Å². The van der Waals surface area contributed by atoms with E-state index in [0.29, 0.717) is 18.3 Å². The Labute approximate surface area is 420 Å². The van der Waals surface area contributed by atoms with Crippen molar-refractivity contribution in [2.75, 3.05) is 39.3 Å². The van der Waals surface area contributed by atoms with Crippen molar-refractivity contribution < 1.29 is 14.4 Å². The predicted octanol–water partition coefficient (Wildman–Crippen LogP) is 9.34. The maximum atomic E-state index is 13.8. The fourth-order valence-electron chi connectivity index (χ4n) is 12.7. The highest BCUT2D eigenvalue weighted by atomic mass is 16.2. The molecular weight excluding hydrogens is 901 g/mol. The van der Waals surface area contributed by atoms with Gasteiger partial charge in [0.25, 0.3) is 5.91 Å². The lowest BCUT2D eigenvalue weighted by Gasteiger charge is -2.36. The Bertz CT molecular complexity index is 3280. The number of piperidine rings is 3. The molecule has 3 saturated heterocycles. The van der Waals surface area contributed by atoms with Crippen LogP contribution in [0.2, 0.25) is 0 Å². The Kier molecular flexibility index (Phi) is 12.5. The van der Waals surface area contributed by atoms with E-state index in [4.69, 9.17) is 4.98 Å². The first-order chi connectivity index (χ1) is 35.1. The number of likely N-dealkylation sites (tertiary alicyclic amines) is 2. The van der Waals surface area contributed by atoms with Gasteiger partial charge in [0.1, 0.15) is 11.7 Å². The fraction of sp³-hybridized carbons (Fsp3) is 0.448. The summed E-state index contributed by atoms with van der Waals surface area (Å²) in [5.41, 5.74) is 12.1. The molecule has 8 heterocycles. The first kappa shape index (κ1) is 46.4. The van der Waals surface area contributed by atoms with Crippen LogP contribution in [0, 0.1) is 5.92 Å². The maximum absolute atomic E-state index is 13.8. The zero-order valence-corrected chi connectivity index (χ0v) is 41.7. The summed E-state index contributed by atoms with van der Waals surface area (Å²) in [6.07, 6.45) is 17.4. The lowest BCUT2D eigenvalue weighted by atomic mass is 9.87. The molecule has 14 heteroatoms. The van der Waals surface area contributed by atoms with E-state index in [1.807, 2.05) is 23.0 Å². The van der Waals surface area contributed by atoms with Gasteiger partial charge in [-0.1, -0.05) is 35.9 Å². The van der Waals surface area contributed by atoms with E-state index in [0.717, 1.165) is 143 Å². The van der Waals surface area contributed by atoms with E-state index in [1.54, 1.807) is 10.1 Å². The minimum absolute atomic E-state index is 0.146. The Morgan fingerprint density at radius 1 is 0.806 bits per heavy atom. The molecule has 4 aliphatic heterocycles. The number of aryl methyl sites for hydroxylation is 1. The quantitative estimate of drug-likeness (QED) is 0.0964. The number of nitrogens with zero attached hydrogens (tertiary/aromatic N) is 8. The third kappa shape index (κ3) is 9.01. The summed E-state index contributed by atoms with van der Waals surface area (Å²) in [5, 5.41) is 12.0. The first-order valence-corrected chi connectivity index (χ1v) is 26.6. The number of imidazole rings is 1. The summed E-state index contributed by atoms with van der Waals surface area (Å²) in [7, 11) is 2.14. The van der Waals surface area contributed by atoms with E-state index in [2.05, 4.69) is 122 Å². The summed E-state index contributed by atoms with van der Waals surface area (Å²) in [6.45, 7) is 8.81. The molecule has 3 aromatic carbocycles. The second-order valence-electron chi connectivity index (χ2n) is 21.5. The largest absolute Gasteiger partial charge is 0.339 e. The van der Waals surface area contributed by atoms with Crippen molar-refractivity contribution in [2.24, 2.45) is 13.0 Å². The van der Waals surface area contributed by atoms with Crippen molar-refractivity contribution in [1.82, 2.24) is 48.9 Å². The number of hydrogen-bond donors (Lipinski definition) is 2. The van der Waals surface area contributed by atoms with Gasteiger partial charge in [0.2, 0.25) is 11.8 Å². The van der Waals surface area contributed by atoms with Gasteiger partial charge in [0.05, 0.1) is 22.7 Å². The molecule has 0 spiro atoms. The van der Waals surface area contributed by atoms with Crippen LogP contribution in [-0.4, -0.2) is 101 Å². The van der Waals surface area contributed by atoms with Crippen molar-refractivity contribution in [3.8, 4) is 11.1 Å². The van der Waals surface area contributed by atoms with Gasteiger partial charge < -0.3 is 9.47 Å². The topological polar surface area (TPSA) is 146 Å². The van der Waals surface area contributed by atoms with E-state index in [-0.39, 0.29) is 41.9 Å². The Morgan fingerprint density at radius 2 is 1.62 bits per heavy atom. The number of carbonyl (C=O) groups is 3. The molecule has 7 aromatic rings. The van der Waals surface area contributed by atoms with E-state index >= 15 is 0 Å². The highest BCUT2D eigenvalue weighted by molar-refractivity contribution is 6.00. The number of rotatable bonds is 11. The number of aromatic nitrogens is 6. The lowest BCUT2D eigenvalue weighted by Crippen LogP contribution is -2.44. The maximum Gasteiger partial charge on any atom is 0.330 e. The van der Waals surface area contributed by atoms with Crippen molar-refractivity contribution >= 4 is 50.7 Å². The van der Waals surface area contributed by atoms with Crippen LogP contribution in [0.15, 0.2) is 102 Å². The van der Waals surface area contributed by atoms with Crippen LogP contribution in [0.4, 0.5) is 0 Å². The minimum Gasteiger partial charge on any atom is -0.339 e. The molecule has 372 valence electrons. The number of aromatic amines is 1. The fourth-order valence-corrected chi connectivity index (χ4v) is 12.7. The lowest BCUT2D eigenvalue weighted by molar-refractivity contribution is -0.135. The molecule has 5 aliphatic rings. The molecule has 1 aliphatic carbocycles. The molecule has 1 unspecified atom stereocenters. The Hall–Kier alpha value is -6.64. The predicted molar refractivity (Wildman–Crippen MR) is 281 cm³/mol. The van der Waals surface area contributed by atoms with Crippen molar-refractivity contribution in [2.45, 2.75) is 115 Å². The highest BCUT2D eigenvalue weighted by Crippen LogP contribution is 2.39. The van der Waals surface area contributed by atoms with Crippen molar-refractivity contribution in [3.05, 3.63) is 130 Å². The SMILES string of the molecule is C[C@@H](c1cc2c(-c3ccc4[nH]ncc4c3)ccnc2n1C)N1CCC(c2ccc(C(=O)N3CCC(C/C4=C\CCN(Cc5ccc6c(c5)n(C5CC5)c(=O)n6C5CCC(=O)NC5=O)CCC4)CC3)cc2)CC1. The van der Waals surface area contributed by atoms with Crippen LogP contribution in [0.1, 0.15) is 135 Å². The molecule has 12 rings (SSSR count). The Balaban J connectivity index is 0.608. The van der Waals surface area contributed by atoms with E-state index in [1.165, 1.54) is 33.3 Å². The minimum atomic E-state index is -0.664. The standard InChI is InChI=1S/C58H66N10O4/c1-37(52-34-48-47(19-24-59-55(48)63(52)2)44-12-15-49-45(33-44)35-60-62-49)65-29-22-42(23-30-65)41-8-10-43(11-9-41)57(71)66-27-20-39(21-28-66)31-38-5-3-25-64(26-4-6-38)36-40-7-16-50-53(32-40)67(46-13-14-46)58(72)68(50)51-17-18-54(69)61-56(51)70/h5,7-12,15-16,19,24,32-35,37,39,42,46,51H,3-4,6,13-14,17-18,20-23,25-31,36H2,1-2H3,(H,60,62)(H,61,69,70)/b38-5-/t37-,51?/m0/s1. The number of allylic oxidation sites excluding steroid dienone is 1. The smallest absolute Gasteiger partial charge is 0.330 e. The third-order valence-corrected chi connectivity index (χ3v) is 17.0. The molecule has 2 N–H and O–H groups in total. The van der Waals surface area contributed by atoms with Gasteiger partial charge in [0, 0.05) is 80.0 Å². The average molecular weight is 967 g/mol. The van der Waals surface area contributed by atoms with E-state index < -0.39 is 6.04 Å². The van der Waals surface area contributed by atoms with Gasteiger partial charge in [-0.05, 0) is 180 Å². The molecule has 2 atom stereocenters. The number of fused-ring (bicyclic) bond motifs is 3. The summed E-state index contributed by atoms with van der Waals surface area (Å²) in [4.78, 5) is 64.2. The average Bonchev–Trinajstić information content (AvgIpc) is 3.90. The zero-order chi connectivity index (χ0) is 49.0. The number of amides is 3. The number of hydrogen-bond acceptors (Lipinski definition) is 8. The van der Waals surface area contributed by atoms with Crippen LogP contribution in [0.25, 0.3) is 44.1 Å². The monoisotopic (exact) mass is 967 g/mol. The molecule has 3 amide bonds. The molecule has 0 bridgehead atoms. The molecule has 4 fully saturated rings. The van der Waals surface area contributed by atoms with Gasteiger partial charge >= 0.3 is 5.69 Å². The number of nitrogens with one attached hydrogen (secondary N) is 2. The number of H-pyrrole nitrogens is 1. The van der Waals surface area contributed by atoms with Gasteiger partial charge in [-0.15, -0.1) is 0 Å². The summed E-state index contributed by atoms with van der Waals surface area (Å²) in [6, 6.07) is 25.5. The van der Waals surface area contributed by atoms with Crippen LogP contribution in [0.5, 0.6) is 0 Å². The number of carbonyl (C=O) groups excluding carboxylic acids is 3. The number of benzene rings is 3. The summed E-state index contributed by atoms with van der Waals surface area (Å²) in [5.74, 6) is 0.579.